The predicted octanol–water partition coefficient (Wildman–Crippen LogP) is 5.99. The van der Waals surface area contributed by atoms with Gasteiger partial charge in [0.25, 0.3) is 0 Å². The van der Waals surface area contributed by atoms with Gasteiger partial charge in [0.05, 0.1) is 33.0 Å². The minimum Gasteiger partial charge on any atom is -0.336 e. The standard InChI is InChI=1S/C22H29ClF3N5O2S.C2H6/c1-8-34(33)17-9-27-18(28-10-17)11-29-21(20(32)13(4)14(5)22(24,25)26)31-19(12(2)3)15(6)30-16(7)23;1-2/h9-10,13-14H,7-8,11H2,1-6H3,(H,29,31);1-2H3/b30-15-;. The van der Waals surface area contributed by atoms with Crippen LogP contribution in [-0.4, -0.2) is 43.4 Å². The number of Topliss-reactive ketones (excluding diaryl/α,β-unsaturated/α-hetero) is 1. The quantitative estimate of drug-likeness (QED) is 0.220. The first-order valence-electron chi connectivity index (χ1n) is 11.4. The molecule has 1 N–H and O–H groups in total. The molecule has 0 aromatic carbocycles. The molecule has 0 aliphatic carbocycles. The van der Waals surface area contributed by atoms with Gasteiger partial charge < -0.3 is 5.32 Å². The largest absolute Gasteiger partial charge is 0.392 e. The van der Waals surface area contributed by atoms with E-state index in [1.54, 1.807) is 27.7 Å². The van der Waals surface area contributed by atoms with Gasteiger partial charge in [0.1, 0.15) is 17.5 Å². The smallest absolute Gasteiger partial charge is 0.336 e. The molecule has 0 saturated carbocycles. The van der Waals surface area contributed by atoms with Gasteiger partial charge in [-0.15, -0.1) is 0 Å². The van der Waals surface area contributed by atoms with Crippen molar-refractivity contribution in [2.24, 2.45) is 21.8 Å². The molecule has 1 rings (SSSR count). The number of aliphatic imine (C=N–C) groups is 2. The summed E-state index contributed by atoms with van der Waals surface area (Å²) in [4.78, 5) is 29.9. The number of carbonyl (C=O) groups is 1. The summed E-state index contributed by atoms with van der Waals surface area (Å²) in [7, 11) is -1.23. The summed E-state index contributed by atoms with van der Waals surface area (Å²) >= 11 is 5.76. The molecule has 3 atom stereocenters. The van der Waals surface area contributed by atoms with Crippen LogP contribution >= 0.6 is 11.6 Å². The van der Waals surface area contributed by atoms with Gasteiger partial charge in [0, 0.05) is 24.1 Å². The highest BCUT2D eigenvalue weighted by Crippen LogP contribution is 2.32. The zero-order valence-corrected chi connectivity index (χ0v) is 23.5. The van der Waals surface area contributed by atoms with Crippen molar-refractivity contribution in [1.29, 1.82) is 0 Å². The average Bonchev–Trinajstić information content (AvgIpc) is 2.82. The second-order valence-corrected chi connectivity index (χ2v) is 9.87. The zero-order chi connectivity index (χ0) is 28.2. The average molecular weight is 550 g/mol. The van der Waals surface area contributed by atoms with Crippen molar-refractivity contribution in [3.8, 4) is 0 Å². The molecule has 0 fully saturated rings. The highest BCUT2D eigenvalue weighted by molar-refractivity contribution is 7.85. The highest BCUT2D eigenvalue weighted by atomic mass is 35.5. The molecular formula is C24H35ClF3N5O2S. The first-order chi connectivity index (χ1) is 16.7. The number of rotatable bonds is 10. The van der Waals surface area contributed by atoms with Gasteiger partial charge in [-0.25, -0.2) is 15.0 Å². The number of nitrogens with zero attached hydrogens (tertiary/aromatic N) is 4. The van der Waals surface area contributed by atoms with E-state index < -0.39 is 34.6 Å². The lowest BCUT2D eigenvalue weighted by Crippen LogP contribution is -2.41. The summed E-state index contributed by atoms with van der Waals surface area (Å²) in [5.74, 6) is -3.80. The lowest BCUT2D eigenvalue weighted by atomic mass is 9.90. The van der Waals surface area contributed by atoms with Crippen LogP contribution in [0.4, 0.5) is 13.2 Å². The maximum Gasteiger partial charge on any atom is 0.392 e. The number of amidine groups is 1. The van der Waals surface area contributed by atoms with E-state index in [0.29, 0.717) is 27.6 Å². The summed E-state index contributed by atoms with van der Waals surface area (Å²) in [5.41, 5.74) is 1.44. The molecule has 7 nitrogen and oxygen atoms in total. The number of hydrogen-bond donors (Lipinski definition) is 1. The van der Waals surface area contributed by atoms with E-state index in [4.69, 9.17) is 11.6 Å². The van der Waals surface area contributed by atoms with Crippen LogP contribution < -0.4 is 5.32 Å². The molecule has 0 aliphatic rings. The Morgan fingerprint density at radius 1 is 1.19 bits per heavy atom. The number of hydrogen-bond acceptors (Lipinski definition) is 6. The normalized spacial score (nSPS) is 14.7. The maximum absolute atomic E-state index is 13.3. The summed E-state index contributed by atoms with van der Waals surface area (Å²) in [6, 6.07) is 0. The van der Waals surface area contributed by atoms with E-state index in [-0.39, 0.29) is 23.4 Å². The van der Waals surface area contributed by atoms with Crippen molar-refractivity contribution in [2.75, 3.05) is 5.75 Å². The van der Waals surface area contributed by atoms with Gasteiger partial charge in [-0.05, 0) is 20.8 Å². The molecule has 36 heavy (non-hydrogen) atoms. The monoisotopic (exact) mass is 549 g/mol. The molecule has 202 valence electrons. The Bertz CT molecular complexity index is 1020. The highest BCUT2D eigenvalue weighted by Gasteiger charge is 2.43. The Hall–Kier alpha value is -2.40. The SMILES string of the molecule is C=C(Cl)/N=C(/C)C(NC(=NCc1ncc(S(=O)CC)cn1)C(=O)C(C)C(C)C(F)(F)F)=C(C)C.CC. The lowest BCUT2D eigenvalue weighted by Gasteiger charge is -2.23. The molecule has 0 amide bonds. The summed E-state index contributed by atoms with van der Waals surface area (Å²) in [6.07, 6.45) is -1.77. The van der Waals surface area contributed by atoms with E-state index in [1.165, 1.54) is 19.3 Å². The number of ketones is 1. The van der Waals surface area contributed by atoms with E-state index >= 15 is 0 Å². The second-order valence-electron chi connectivity index (χ2n) is 7.69. The summed E-state index contributed by atoms with van der Waals surface area (Å²) < 4.78 is 51.6. The molecular weight excluding hydrogens is 515 g/mol. The van der Waals surface area contributed by atoms with Crippen LogP contribution in [0.25, 0.3) is 0 Å². The molecule has 12 heteroatoms. The van der Waals surface area contributed by atoms with Gasteiger partial charge in [-0.3, -0.25) is 14.0 Å². The fraction of sp³-hybridized carbons (Fsp3) is 0.542. The van der Waals surface area contributed by atoms with Crippen LogP contribution in [0.2, 0.25) is 0 Å². The van der Waals surface area contributed by atoms with Crippen molar-refractivity contribution >= 4 is 39.7 Å². The van der Waals surface area contributed by atoms with Crippen LogP contribution in [0.5, 0.6) is 0 Å². The Morgan fingerprint density at radius 2 is 1.72 bits per heavy atom. The van der Waals surface area contributed by atoms with Crippen LogP contribution in [0.3, 0.4) is 0 Å². The van der Waals surface area contributed by atoms with Gasteiger partial charge in [-0.2, -0.15) is 13.2 Å². The van der Waals surface area contributed by atoms with E-state index in [9.17, 15) is 22.2 Å². The minimum absolute atomic E-state index is 0.000108. The molecule has 1 aromatic heterocycles. The van der Waals surface area contributed by atoms with E-state index in [0.717, 1.165) is 6.92 Å². The van der Waals surface area contributed by atoms with Gasteiger partial charge in [0.15, 0.2) is 5.84 Å². The van der Waals surface area contributed by atoms with Crippen LogP contribution in [-0.2, 0) is 22.1 Å². The summed E-state index contributed by atoms with van der Waals surface area (Å²) in [6.45, 7) is 16.3. The predicted molar refractivity (Wildman–Crippen MR) is 140 cm³/mol. The van der Waals surface area contributed by atoms with Crippen molar-refractivity contribution < 1.29 is 22.2 Å². The second kappa shape index (κ2) is 15.7. The van der Waals surface area contributed by atoms with E-state index in [2.05, 4.69) is 31.8 Å². The van der Waals surface area contributed by atoms with Gasteiger partial charge in [0.2, 0.25) is 5.78 Å². The number of alkyl halides is 3. The minimum atomic E-state index is -4.55. The Balaban J connectivity index is 0.00000596. The number of allylic oxidation sites excluding steroid dienone is 2. The zero-order valence-electron chi connectivity index (χ0n) is 22.0. The number of carbonyl (C=O) groups excluding carboxylic acids is 1. The van der Waals surface area contributed by atoms with Crippen LogP contribution in [0, 0.1) is 11.8 Å². The first kappa shape index (κ1) is 33.6. The third-order valence-corrected chi connectivity index (χ3v) is 6.24. The molecule has 1 heterocycles. The maximum atomic E-state index is 13.3. The molecule has 1 aromatic rings. The lowest BCUT2D eigenvalue weighted by molar-refractivity contribution is -0.183. The molecule has 0 spiro atoms. The Morgan fingerprint density at radius 3 is 2.14 bits per heavy atom. The van der Waals surface area contributed by atoms with Crippen molar-refractivity contribution in [2.45, 2.75) is 73.0 Å². The first-order valence-corrected chi connectivity index (χ1v) is 13.1. The fourth-order valence-electron chi connectivity index (χ4n) is 2.70. The van der Waals surface area contributed by atoms with Crippen LogP contribution in [0.15, 0.2) is 50.3 Å². The summed E-state index contributed by atoms with van der Waals surface area (Å²) in [5, 5.41) is 2.83. The Kier molecular flexibility index (Phi) is 14.6. The molecule has 0 saturated heterocycles. The molecule has 3 unspecified atom stereocenters. The third-order valence-electron chi connectivity index (χ3n) is 4.89. The van der Waals surface area contributed by atoms with Crippen LogP contribution in [0.1, 0.15) is 61.2 Å². The fourth-order valence-corrected chi connectivity index (χ4v) is 3.50. The van der Waals surface area contributed by atoms with Crippen molar-refractivity contribution in [3.63, 3.8) is 0 Å². The molecule has 0 aliphatic heterocycles. The van der Waals surface area contributed by atoms with Gasteiger partial charge in [-0.1, -0.05) is 58.4 Å². The third kappa shape index (κ3) is 10.7. The van der Waals surface area contributed by atoms with Gasteiger partial charge >= 0.3 is 6.18 Å². The number of nitrogens with one attached hydrogen (secondary N) is 1. The molecule has 0 radical (unpaired) electrons. The van der Waals surface area contributed by atoms with E-state index in [1.807, 2.05) is 13.8 Å². The van der Waals surface area contributed by atoms with Crippen molar-refractivity contribution in [3.05, 3.63) is 41.2 Å². The van der Waals surface area contributed by atoms with Crippen molar-refractivity contribution in [1.82, 2.24) is 15.3 Å². The number of halogens is 4. The topological polar surface area (TPSA) is 96.7 Å². The molecule has 0 bridgehead atoms. The Labute approximate surface area is 218 Å². The number of aromatic nitrogens is 2.